The van der Waals surface area contributed by atoms with Crippen molar-refractivity contribution in [1.29, 1.82) is 0 Å². The Morgan fingerprint density at radius 1 is 1.12 bits per heavy atom. The lowest BCUT2D eigenvalue weighted by atomic mass is 10.2. The van der Waals surface area contributed by atoms with E-state index in [2.05, 4.69) is 15.7 Å². The van der Waals surface area contributed by atoms with Crippen LogP contribution in [0.25, 0.3) is 10.2 Å². The first-order chi connectivity index (χ1) is 11.6. The third kappa shape index (κ3) is 3.10. The standard InChI is InChI=1S/C16H16N4O3S/c1-22-12-6-3-9(7-13(12)23-2)15(21)18-10-4-5-11-14(8-10)24-16(19-11)20-17/h3-8H,17H2,1-2H3,(H,18,21)(H,19,20). The highest BCUT2D eigenvalue weighted by atomic mass is 32.1. The summed E-state index contributed by atoms with van der Waals surface area (Å²) in [5.74, 6) is 6.20. The second-order valence-corrected chi connectivity index (χ2v) is 5.90. The summed E-state index contributed by atoms with van der Waals surface area (Å²) in [6, 6.07) is 10.5. The lowest BCUT2D eigenvalue weighted by molar-refractivity contribution is 0.102. The molecule has 4 N–H and O–H groups in total. The molecule has 3 rings (SSSR count). The Morgan fingerprint density at radius 2 is 1.92 bits per heavy atom. The van der Waals surface area contributed by atoms with E-state index < -0.39 is 0 Å². The largest absolute Gasteiger partial charge is 0.493 e. The number of amides is 1. The maximum atomic E-state index is 12.4. The second-order valence-electron chi connectivity index (χ2n) is 4.87. The number of nitrogens with two attached hydrogens (primary N) is 1. The van der Waals surface area contributed by atoms with E-state index in [0.717, 1.165) is 10.2 Å². The van der Waals surface area contributed by atoms with Crippen LogP contribution in [0.2, 0.25) is 0 Å². The molecular weight excluding hydrogens is 328 g/mol. The molecule has 124 valence electrons. The fourth-order valence-corrected chi connectivity index (χ4v) is 3.06. The fourth-order valence-electron chi connectivity index (χ4n) is 2.24. The summed E-state index contributed by atoms with van der Waals surface area (Å²) in [5.41, 5.74) is 4.49. The number of rotatable bonds is 5. The number of carbonyl (C=O) groups is 1. The number of nitrogens with zero attached hydrogens (tertiary/aromatic N) is 1. The number of hydrazine groups is 1. The van der Waals surface area contributed by atoms with Gasteiger partial charge in [0.1, 0.15) is 0 Å². The Hall–Kier alpha value is -2.84. The molecule has 0 fully saturated rings. The first kappa shape index (κ1) is 16.0. The average molecular weight is 344 g/mol. The van der Waals surface area contributed by atoms with Gasteiger partial charge in [-0.25, -0.2) is 10.8 Å². The van der Waals surface area contributed by atoms with Crippen molar-refractivity contribution in [1.82, 2.24) is 4.98 Å². The molecule has 0 saturated heterocycles. The molecule has 0 aliphatic carbocycles. The summed E-state index contributed by atoms with van der Waals surface area (Å²) in [7, 11) is 3.08. The fraction of sp³-hybridized carbons (Fsp3) is 0.125. The molecule has 0 atom stereocenters. The minimum atomic E-state index is -0.239. The Kier molecular flexibility index (Phi) is 4.50. The van der Waals surface area contributed by atoms with E-state index in [4.69, 9.17) is 15.3 Å². The van der Waals surface area contributed by atoms with Crippen LogP contribution in [-0.2, 0) is 0 Å². The van der Waals surface area contributed by atoms with Crippen molar-refractivity contribution >= 4 is 38.3 Å². The van der Waals surface area contributed by atoms with E-state index in [-0.39, 0.29) is 5.91 Å². The molecule has 1 heterocycles. The van der Waals surface area contributed by atoms with Crippen molar-refractivity contribution < 1.29 is 14.3 Å². The van der Waals surface area contributed by atoms with Crippen LogP contribution in [0.3, 0.4) is 0 Å². The predicted molar refractivity (Wildman–Crippen MR) is 94.9 cm³/mol. The normalized spacial score (nSPS) is 10.5. The number of anilines is 2. The molecule has 1 amide bonds. The maximum absolute atomic E-state index is 12.4. The van der Waals surface area contributed by atoms with Crippen LogP contribution in [0.4, 0.5) is 10.8 Å². The molecule has 0 aliphatic heterocycles. The Balaban J connectivity index is 1.83. The number of methoxy groups -OCH3 is 2. The van der Waals surface area contributed by atoms with Gasteiger partial charge in [0.25, 0.3) is 5.91 Å². The minimum Gasteiger partial charge on any atom is -0.493 e. The van der Waals surface area contributed by atoms with Gasteiger partial charge < -0.3 is 14.8 Å². The molecule has 3 aromatic rings. The Labute approximate surface area is 142 Å². The molecule has 7 nitrogen and oxygen atoms in total. The highest BCUT2D eigenvalue weighted by Crippen LogP contribution is 2.29. The molecule has 2 aromatic carbocycles. The highest BCUT2D eigenvalue weighted by Gasteiger charge is 2.12. The van der Waals surface area contributed by atoms with Crippen LogP contribution in [0.15, 0.2) is 36.4 Å². The second kappa shape index (κ2) is 6.73. The lowest BCUT2D eigenvalue weighted by Gasteiger charge is -2.10. The number of nitrogens with one attached hydrogen (secondary N) is 2. The number of hydrogen-bond acceptors (Lipinski definition) is 7. The quantitative estimate of drug-likeness (QED) is 0.486. The van der Waals surface area contributed by atoms with E-state index in [1.165, 1.54) is 18.4 Å². The summed E-state index contributed by atoms with van der Waals surface area (Å²) in [6.45, 7) is 0. The minimum absolute atomic E-state index is 0.239. The number of hydrogen-bond donors (Lipinski definition) is 3. The van der Waals surface area contributed by atoms with Crippen LogP contribution < -0.4 is 26.1 Å². The zero-order valence-electron chi connectivity index (χ0n) is 13.1. The van der Waals surface area contributed by atoms with Crippen molar-refractivity contribution in [3.05, 3.63) is 42.0 Å². The van der Waals surface area contributed by atoms with E-state index >= 15 is 0 Å². The monoisotopic (exact) mass is 344 g/mol. The molecule has 0 radical (unpaired) electrons. The average Bonchev–Trinajstić information content (AvgIpc) is 3.03. The van der Waals surface area contributed by atoms with Crippen molar-refractivity contribution in [3.8, 4) is 11.5 Å². The Morgan fingerprint density at radius 3 is 2.62 bits per heavy atom. The van der Waals surface area contributed by atoms with Crippen molar-refractivity contribution in [2.75, 3.05) is 25.0 Å². The van der Waals surface area contributed by atoms with Gasteiger partial charge in [-0.15, -0.1) is 0 Å². The van der Waals surface area contributed by atoms with E-state index in [1.54, 1.807) is 31.4 Å². The van der Waals surface area contributed by atoms with Crippen LogP contribution in [0.5, 0.6) is 11.5 Å². The number of benzene rings is 2. The van der Waals surface area contributed by atoms with Gasteiger partial charge in [-0.1, -0.05) is 11.3 Å². The zero-order valence-corrected chi connectivity index (χ0v) is 13.9. The van der Waals surface area contributed by atoms with Crippen molar-refractivity contribution in [2.45, 2.75) is 0 Å². The molecule has 0 bridgehead atoms. The topological polar surface area (TPSA) is 98.5 Å². The molecule has 8 heteroatoms. The molecule has 0 saturated carbocycles. The number of nitrogen functional groups attached to an aromatic ring is 1. The lowest BCUT2D eigenvalue weighted by Crippen LogP contribution is -2.12. The number of fused-ring (bicyclic) bond motifs is 1. The van der Waals surface area contributed by atoms with Crippen LogP contribution >= 0.6 is 11.3 Å². The molecule has 24 heavy (non-hydrogen) atoms. The van der Waals surface area contributed by atoms with Crippen molar-refractivity contribution in [2.24, 2.45) is 5.84 Å². The van der Waals surface area contributed by atoms with Gasteiger partial charge in [0.2, 0.25) is 0 Å². The van der Waals surface area contributed by atoms with Gasteiger partial charge in [0, 0.05) is 11.3 Å². The van der Waals surface area contributed by atoms with Crippen LogP contribution in [-0.4, -0.2) is 25.1 Å². The van der Waals surface area contributed by atoms with Gasteiger partial charge in [0.05, 0.1) is 24.4 Å². The summed E-state index contributed by atoms with van der Waals surface area (Å²) < 4.78 is 11.3. The van der Waals surface area contributed by atoms with Crippen LogP contribution in [0, 0.1) is 0 Å². The Bertz CT molecular complexity index is 894. The first-order valence-corrected chi connectivity index (χ1v) is 7.87. The summed E-state index contributed by atoms with van der Waals surface area (Å²) in [6.07, 6.45) is 0. The van der Waals surface area contributed by atoms with E-state index in [9.17, 15) is 4.79 Å². The number of carbonyl (C=O) groups excluding carboxylic acids is 1. The molecule has 1 aromatic heterocycles. The highest BCUT2D eigenvalue weighted by molar-refractivity contribution is 7.22. The predicted octanol–water partition coefficient (Wildman–Crippen LogP) is 2.85. The third-order valence-corrected chi connectivity index (χ3v) is 4.36. The summed E-state index contributed by atoms with van der Waals surface area (Å²) >= 11 is 1.41. The van der Waals surface area contributed by atoms with E-state index in [0.29, 0.717) is 27.9 Å². The van der Waals surface area contributed by atoms with E-state index in [1.807, 2.05) is 12.1 Å². The number of ether oxygens (including phenoxy) is 2. The number of thiazole rings is 1. The smallest absolute Gasteiger partial charge is 0.255 e. The molecular formula is C16H16N4O3S. The summed E-state index contributed by atoms with van der Waals surface area (Å²) in [5, 5.41) is 3.48. The maximum Gasteiger partial charge on any atom is 0.255 e. The molecule has 0 unspecified atom stereocenters. The third-order valence-electron chi connectivity index (χ3n) is 3.42. The number of aromatic nitrogens is 1. The van der Waals surface area contributed by atoms with Gasteiger partial charge >= 0.3 is 0 Å². The molecule has 0 aliphatic rings. The van der Waals surface area contributed by atoms with Gasteiger partial charge in [-0.2, -0.15) is 0 Å². The molecule has 0 spiro atoms. The summed E-state index contributed by atoms with van der Waals surface area (Å²) in [4.78, 5) is 16.7. The van der Waals surface area contributed by atoms with Gasteiger partial charge in [-0.3, -0.25) is 10.2 Å². The van der Waals surface area contributed by atoms with Gasteiger partial charge in [-0.05, 0) is 36.4 Å². The SMILES string of the molecule is COc1ccc(C(=O)Nc2ccc3nc(NN)sc3c2)cc1OC. The van der Waals surface area contributed by atoms with Gasteiger partial charge in [0.15, 0.2) is 16.6 Å². The first-order valence-electron chi connectivity index (χ1n) is 7.05. The van der Waals surface area contributed by atoms with Crippen molar-refractivity contribution in [3.63, 3.8) is 0 Å². The zero-order chi connectivity index (χ0) is 17.1. The van der Waals surface area contributed by atoms with Crippen LogP contribution in [0.1, 0.15) is 10.4 Å².